The fraction of sp³-hybridized carbons (Fsp3) is 0.235. The van der Waals surface area contributed by atoms with Crippen LogP contribution >= 0.6 is 11.8 Å². The molecule has 1 heterocycles. The van der Waals surface area contributed by atoms with Crippen molar-refractivity contribution in [3.05, 3.63) is 54.1 Å². The zero-order valence-electron chi connectivity index (χ0n) is 11.8. The molecule has 1 atom stereocenters. The highest BCUT2D eigenvalue weighted by molar-refractivity contribution is 7.99. The number of nitrogens with one attached hydrogen (secondary N) is 1. The lowest BCUT2D eigenvalue weighted by Crippen LogP contribution is -2.37. The van der Waals surface area contributed by atoms with E-state index in [1.807, 2.05) is 42.5 Å². The fourth-order valence-electron chi connectivity index (χ4n) is 2.65. The molecule has 3 rings (SSSR count). The highest BCUT2D eigenvalue weighted by Gasteiger charge is 2.37. The van der Waals surface area contributed by atoms with Crippen LogP contribution in [-0.4, -0.2) is 12.9 Å². The summed E-state index contributed by atoms with van der Waals surface area (Å²) in [5.41, 5.74) is 1.20. The van der Waals surface area contributed by atoms with Crippen molar-refractivity contribution < 1.29 is 4.74 Å². The Morgan fingerprint density at radius 3 is 2.76 bits per heavy atom. The molecule has 0 spiro atoms. The molecule has 0 radical (unpaired) electrons. The summed E-state index contributed by atoms with van der Waals surface area (Å²) in [4.78, 5) is 1.17. The number of methoxy groups -OCH3 is 1. The van der Waals surface area contributed by atoms with Gasteiger partial charge in [-0.25, -0.2) is 0 Å². The lowest BCUT2D eigenvalue weighted by atomic mass is 9.87. The number of nitriles is 1. The van der Waals surface area contributed by atoms with E-state index in [1.165, 1.54) is 4.90 Å². The standard InChI is InChI=1S/C17H16N2OS/c1-20-15-8-4-3-7-14(15)19-17(12-18)10-11-21-16-9-5-2-6-13(16)17/h2-9,19H,10-11H2,1H3. The summed E-state index contributed by atoms with van der Waals surface area (Å²) in [6, 6.07) is 18.3. The van der Waals surface area contributed by atoms with Gasteiger partial charge in [0, 0.05) is 16.2 Å². The maximum atomic E-state index is 9.85. The molecule has 2 aromatic rings. The predicted molar refractivity (Wildman–Crippen MR) is 85.7 cm³/mol. The van der Waals surface area contributed by atoms with E-state index in [-0.39, 0.29) is 0 Å². The smallest absolute Gasteiger partial charge is 0.153 e. The van der Waals surface area contributed by atoms with Gasteiger partial charge in [0.05, 0.1) is 18.9 Å². The fourth-order valence-corrected chi connectivity index (χ4v) is 3.85. The van der Waals surface area contributed by atoms with Gasteiger partial charge >= 0.3 is 0 Å². The summed E-state index contributed by atoms with van der Waals surface area (Å²) in [6.45, 7) is 0. The van der Waals surface area contributed by atoms with E-state index in [9.17, 15) is 5.26 Å². The molecule has 1 N–H and O–H groups in total. The second-order valence-electron chi connectivity index (χ2n) is 4.94. The van der Waals surface area contributed by atoms with Crippen LogP contribution in [0.5, 0.6) is 5.75 Å². The van der Waals surface area contributed by atoms with Crippen LogP contribution in [0.4, 0.5) is 5.69 Å². The number of hydrogen-bond acceptors (Lipinski definition) is 4. The highest BCUT2D eigenvalue weighted by atomic mass is 32.2. The molecule has 1 aliphatic rings. The van der Waals surface area contributed by atoms with Gasteiger partial charge in [0.1, 0.15) is 5.75 Å². The SMILES string of the molecule is COc1ccccc1NC1(C#N)CCSc2ccccc21. The number of fused-ring (bicyclic) bond motifs is 1. The molecule has 0 saturated carbocycles. The number of anilines is 1. The number of thioether (sulfide) groups is 1. The topological polar surface area (TPSA) is 45.0 Å². The van der Waals surface area contributed by atoms with Gasteiger partial charge in [-0.15, -0.1) is 11.8 Å². The molecule has 21 heavy (non-hydrogen) atoms. The van der Waals surface area contributed by atoms with Gasteiger partial charge in [0.25, 0.3) is 0 Å². The van der Waals surface area contributed by atoms with Gasteiger partial charge < -0.3 is 10.1 Å². The first-order valence-electron chi connectivity index (χ1n) is 6.84. The first-order chi connectivity index (χ1) is 10.3. The van der Waals surface area contributed by atoms with Gasteiger partial charge in [0.2, 0.25) is 0 Å². The maximum absolute atomic E-state index is 9.85. The number of nitrogens with zero attached hydrogens (tertiary/aromatic N) is 1. The molecule has 0 fully saturated rings. The maximum Gasteiger partial charge on any atom is 0.153 e. The normalized spacial score (nSPS) is 20.2. The van der Waals surface area contributed by atoms with E-state index in [0.717, 1.165) is 29.2 Å². The minimum absolute atomic E-state index is 0.698. The molecule has 1 aliphatic heterocycles. The van der Waals surface area contributed by atoms with Crippen LogP contribution in [0, 0.1) is 11.3 Å². The third-order valence-corrected chi connectivity index (χ3v) is 4.80. The molecule has 0 aromatic heterocycles. The van der Waals surface area contributed by atoms with Crippen molar-refractivity contribution >= 4 is 17.4 Å². The Hall–Kier alpha value is -2.12. The minimum atomic E-state index is -0.698. The van der Waals surface area contributed by atoms with E-state index in [4.69, 9.17) is 4.74 Å². The Balaban J connectivity index is 2.05. The number of benzene rings is 2. The van der Waals surface area contributed by atoms with Crippen LogP contribution in [0.15, 0.2) is 53.4 Å². The Morgan fingerprint density at radius 2 is 1.95 bits per heavy atom. The average Bonchev–Trinajstić information content (AvgIpc) is 2.55. The van der Waals surface area contributed by atoms with E-state index in [1.54, 1.807) is 18.9 Å². The summed E-state index contributed by atoms with van der Waals surface area (Å²) < 4.78 is 5.39. The molecule has 1 unspecified atom stereocenters. The number of para-hydroxylation sites is 2. The Labute approximate surface area is 128 Å². The van der Waals surface area contributed by atoms with E-state index >= 15 is 0 Å². The second kappa shape index (κ2) is 5.71. The van der Waals surface area contributed by atoms with Gasteiger partial charge in [-0.1, -0.05) is 30.3 Å². The van der Waals surface area contributed by atoms with Crippen molar-refractivity contribution in [2.45, 2.75) is 16.9 Å². The van der Waals surface area contributed by atoms with Gasteiger partial charge in [-0.3, -0.25) is 0 Å². The van der Waals surface area contributed by atoms with E-state index < -0.39 is 5.54 Å². The van der Waals surface area contributed by atoms with Crippen LogP contribution in [-0.2, 0) is 5.54 Å². The highest BCUT2D eigenvalue weighted by Crippen LogP contribution is 2.43. The molecular formula is C17H16N2OS. The molecule has 2 aromatic carbocycles. The zero-order chi connectivity index (χ0) is 14.7. The third-order valence-electron chi connectivity index (χ3n) is 3.73. The van der Waals surface area contributed by atoms with Crippen LogP contribution in [0.3, 0.4) is 0 Å². The quantitative estimate of drug-likeness (QED) is 0.929. The second-order valence-corrected chi connectivity index (χ2v) is 6.07. The van der Waals surface area contributed by atoms with Crippen molar-refractivity contribution in [1.82, 2.24) is 0 Å². The first kappa shape index (κ1) is 13.8. The molecule has 106 valence electrons. The molecule has 0 amide bonds. The summed E-state index contributed by atoms with van der Waals surface area (Å²) in [5, 5.41) is 13.3. The van der Waals surface area contributed by atoms with Gasteiger partial charge in [-0.2, -0.15) is 5.26 Å². The monoisotopic (exact) mass is 296 g/mol. The van der Waals surface area contributed by atoms with Crippen LogP contribution < -0.4 is 10.1 Å². The van der Waals surface area contributed by atoms with Gasteiger partial charge in [-0.05, 0) is 24.6 Å². The van der Waals surface area contributed by atoms with Crippen LogP contribution in [0.25, 0.3) is 0 Å². The van der Waals surface area contributed by atoms with Crippen molar-refractivity contribution in [3.63, 3.8) is 0 Å². The molecule has 3 nitrogen and oxygen atoms in total. The lowest BCUT2D eigenvalue weighted by Gasteiger charge is -2.34. The summed E-state index contributed by atoms with van der Waals surface area (Å²) in [6.07, 6.45) is 0.767. The Bertz CT molecular complexity index is 695. The van der Waals surface area contributed by atoms with Crippen molar-refractivity contribution in [3.8, 4) is 11.8 Å². The number of hydrogen-bond donors (Lipinski definition) is 1. The first-order valence-corrected chi connectivity index (χ1v) is 7.82. The largest absolute Gasteiger partial charge is 0.495 e. The summed E-state index contributed by atoms with van der Waals surface area (Å²) >= 11 is 1.80. The van der Waals surface area contributed by atoms with Crippen molar-refractivity contribution in [2.24, 2.45) is 0 Å². The minimum Gasteiger partial charge on any atom is -0.495 e. The van der Waals surface area contributed by atoms with Crippen molar-refractivity contribution in [1.29, 1.82) is 5.26 Å². The van der Waals surface area contributed by atoms with E-state index in [2.05, 4.69) is 17.5 Å². The summed E-state index contributed by atoms with van der Waals surface area (Å²) in [5.74, 6) is 1.68. The third kappa shape index (κ3) is 2.45. The molecule has 0 aliphatic carbocycles. The number of rotatable bonds is 3. The lowest BCUT2D eigenvalue weighted by molar-refractivity contribution is 0.414. The van der Waals surface area contributed by atoms with Crippen LogP contribution in [0.2, 0.25) is 0 Å². The Kier molecular flexibility index (Phi) is 3.76. The molecule has 0 bridgehead atoms. The summed E-state index contributed by atoms with van der Waals surface area (Å²) in [7, 11) is 1.64. The predicted octanol–water partition coefficient (Wildman–Crippen LogP) is 4.02. The molecule has 0 saturated heterocycles. The van der Waals surface area contributed by atoms with Crippen molar-refractivity contribution in [2.75, 3.05) is 18.2 Å². The van der Waals surface area contributed by atoms with Crippen LogP contribution in [0.1, 0.15) is 12.0 Å². The zero-order valence-corrected chi connectivity index (χ0v) is 12.6. The Morgan fingerprint density at radius 1 is 1.19 bits per heavy atom. The average molecular weight is 296 g/mol. The van der Waals surface area contributed by atoms with Gasteiger partial charge in [0.15, 0.2) is 5.54 Å². The number of ether oxygens (including phenoxy) is 1. The molecule has 4 heteroatoms. The van der Waals surface area contributed by atoms with E-state index in [0.29, 0.717) is 0 Å². The molecular weight excluding hydrogens is 280 g/mol.